The van der Waals surface area contributed by atoms with Crippen molar-refractivity contribution in [2.45, 2.75) is 37.6 Å². The van der Waals surface area contributed by atoms with Crippen LogP contribution in [0.25, 0.3) is 0 Å². The van der Waals surface area contributed by atoms with E-state index in [0.29, 0.717) is 13.0 Å². The summed E-state index contributed by atoms with van der Waals surface area (Å²) >= 11 is 1.69. The molecule has 1 saturated carbocycles. The van der Waals surface area contributed by atoms with Gasteiger partial charge in [-0.15, -0.1) is 11.3 Å². The summed E-state index contributed by atoms with van der Waals surface area (Å²) in [6.45, 7) is 0.468. The summed E-state index contributed by atoms with van der Waals surface area (Å²) in [6, 6.07) is 4.06. The molecule has 1 aromatic heterocycles. The average Bonchev–Trinajstić information content (AvgIpc) is 2.68. The Kier molecular flexibility index (Phi) is 3.61. The fraction of sp³-hybridized carbons (Fsp3) is 0.583. The van der Waals surface area contributed by atoms with E-state index in [1.165, 1.54) is 4.88 Å². The lowest BCUT2D eigenvalue weighted by Crippen LogP contribution is -2.48. The zero-order chi connectivity index (χ0) is 11.4. The van der Waals surface area contributed by atoms with E-state index >= 15 is 0 Å². The first-order valence-corrected chi connectivity index (χ1v) is 6.53. The number of hydrogen-bond donors (Lipinski definition) is 1. The van der Waals surface area contributed by atoms with Crippen molar-refractivity contribution >= 4 is 17.3 Å². The number of thiophene rings is 1. The van der Waals surface area contributed by atoms with Crippen LogP contribution in [-0.4, -0.2) is 18.1 Å². The molecule has 1 heterocycles. The molecule has 0 unspecified atom stereocenters. The van der Waals surface area contributed by atoms with Crippen LogP contribution in [0.5, 0.6) is 0 Å². The maximum Gasteiger partial charge on any atom is 0.307 e. The Labute approximate surface area is 99.6 Å². The Morgan fingerprint density at radius 2 is 2.38 bits per heavy atom. The molecule has 16 heavy (non-hydrogen) atoms. The van der Waals surface area contributed by atoms with E-state index in [-0.39, 0.29) is 11.5 Å². The van der Waals surface area contributed by atoms with Crippen LogP contribution < -0.4 is 5.73 Å². The van der Waals surface area contributed by atoms with E-state index < -0.39 is 0 Å². The number of ether oxygens (including phenoxy) is 1. The second-order valence-electron chi connectivity index (χ2n) is 4.44. The van der Waals surface area contributed by atoms with Crippen LogP contribution in [0.4, 0.5) is 0 Å². The lowest BCUT2D eigenvalue weighted by Gasteiger charge is -2.37. The molecule has 1 aromatic rings. The van der Waals surface area contributed by atoms with Gasteiger partial charge in [-0.1, -0.05) is 6.07 Å². The van der Waals surface area contributed by atoms with Gasteiger partial charge < -0.3 is 10.5 Å². The molecule has 0 bridgehead atoms. The zero-order valence-corrected chi connectivity index (χ0v) is 10.1. The van der Waals surface area contributed by atoms with Crippen LogP contribution in [0, 0.1) is 0 Å². The van der Waals surface area contributed by atoms with Gasteiger partial charge in [-0.25, -0.2) is 0 Å². The molecule has 0 saturated heterocycles. The molecule has 2 N–H and O–H groups in total. The molecule has 0 atom stereocenters. The molecule has 0 aliphatic heterocycles. The minimum Gasteiger partial charge on any atom is -0.465 e. The van der Waals surface area contributed by atoms with Gasteiger partial charge >= 0.3 is 5.97 Å². The zero-order valence-electron chi connectivity index (χ0n) is 9.28. The van der Waals surface area contributed by atoms with Crippen molar-refractivity contribution in [3.63, 3.8) is 0 Å². The topological polar surface area (TPSA) is 52.3 Å². The maximum atomic E-state index is 11.5. The van der Waals surface area contributed by atoms with Crippen molar-refractivity contribution in [2.75, 3.05) is 6.61 Å². The molecule has 88 valence electrons. The third kappa shape index (κ3) is 3.06. The van der Waals surface area contributed by atoms with Crippen LogP contribution in [0.3, 0.4) is 0 Å². The number of hydrogen-bond acceptors (Lipinski definition) is 4. The molecule has 2 rings (SSSR count). The van der Waals surface area contributed by atoms with E-state index in [2.05, 4.69) is 6.07 Å². The van der Waals surface area contributed by atoms with Gasteiger partial charge in [0.25, 0.3) is 0 Å². The number of esters is 1. The molecule has 0 aromatic carbocycles. The van der Waals surface area contributed by atoms with Gasteiger partial charge in [0.05, 0.1) is 13.0 Å². The minimum atomic E-state index is -0.264. The monoisotopic (exact) mass is 239 g/mol. The first-order chi connectivity index (χ1) is 7.68. The summed E-state index contributed by atoms with van der Waals surface area (Å²) < 4.78 is 5.17. The van der Waals surface area contributed by atoms with Crippen LogP contribution >= 0.6 is 11.3 Å². The van der Waals surface area contributed by atoms with Gasteiger partial charge in [-0.05, 0) is 30.7 Å². The van der Waals surface area contributed by atoms with Crippen molar-refractivity contribution in [1.29, 1.82) is 0 Å². The highest BCUT2D eigenvalue weighted by molar-refractivity contribution is 7.09. The quantitative estimate of drug-likeness (QED) is 0.801. The third-order valence-corrected chi connectivity index (χ3v) is 3.97. The van der Waals surface area contributed by atoms with Crippen LogP contribution in [-0.2, 0) is 16.0 Å². The van der Waals surface area contributed by atoms with Crippen molar-refractivity contribution in [2.24, 2.45) is 5.73 Å². The Bertz CT molecular complexity index is 344. The second kappa shape index (κ2) is 4.97. The van der Waals surface area contributed by atoms with Crippen LogP contribution in [0.2, 0.25) is 0 Å². The molecule has 0 spiro atoms. The Hall–Kier alpha value is -0.870. The number of nitrogens with two attached hydrogens (primary N) is 1. The van der Waals surface area contributed by atoms with Crippen molar-refractivity contribution < 1.29 is 9.53 Å². The smallest absolute Gasteiger partial charge is 0.307 e. The molecule has 1 aliphatic carbocycles. The molecule has 1 fully saturated rings. The van der Waals surface area contributed by atoms with E-state index in [0.717, 1.165) is 25.7 Å². The van der Waals surface area contributed by atoms with Gasteiger partial charge in [0.2, 0.25) is 0 Å². The summed E-state index contributed by atoms with van der Waals surface area (Å²) in [5.41, 5.74) is 5.71. The Morgan fingerprint density at radius 1 is 1.56 bits per heavy atom. The molecule has 3 nitrogen and oxygen atoms in total. The molecule has 0 amide bonds. The summed E-state index contributed by atoms with van der Waals surface area (Å²) in [7, 11) is 0. The van der Waals surface area contributed by atoms with Crippen molar-refractivity contribution in [3.05, 3.63) is 22.4 Å². The highest BCUT2D eigenvalue weighted by Crippen LogP contribution is 2.32. The summed E-state index contributed by atoms with van der Waals surface area (Å²) in [6.07, 6.45) is 4.22. The van der Waals surface area contributed by atoms with Crippen molar-refractivity contribution in [3.8, 4) is 0 Å². The molecular weight excluding hydrogens is 222 g/mol. The number of carbonyl (C=O) groups excluding carboxylic acids is 1. The normalized spacial score (nSPS) is 17.8. The summed E-state index contributed by atoms with van der Waals surface area (Å²) in [5, 5.41) is 2.03. The molecular formula is C12H17NO2S. The van der Waals surface area contributed by atoms with E-state index in [1.54, 1.807) is 11.3 Å². The molecule has 1 aliphatic rings. The van der Waals surface area contributed by atoms with E-state index in [1.807, 2.05) is 11.4 Å². The predicted molar refractivity (Wildman–Crippen MR) is 64.4 cm³/mol. The fourth-order valence-electron chi connectivity index (χ4n) is 1.87. The molecule has 0 radical (unpaired) electrons. The molecule has 4 heteroatoms. The summed E-state index contributed by atoms with van der Waals surface area (Å²) in [5.74, 6) is -0.154. The predicted octanol–water partition coefficient (Wildman–Crippen LogP) is 2.11. The largest absolute Gasteiger partial charge is 0.465 e. The highest BCUT2D eigenvalue weighted by atomic mass is 32.1. The highest BCUT2D eigenvalue weighted by Gasteiger charge is 2.35. The average molecular weight is 239 g/mol. The first kappa shape index (κ1) is 11.6. The van der Waals surface area contributed by atoms with Gasteiger partial charge in [0.15, 0.2) is 0 Å². The van der Waals surface area contributed by atoms with Crippen molar-refractivity contribution in [1.82, 2.24) is 0 Å². The Balaban J connectivity index is 1.64. The second-order valence-corrected chi connectivity index (χ2v) is 5.47. The fourth-order valence-corrected chi connectivity index (χ4v) is 2.56. The lowest BCUT2D eigenvalue weighted by molar-refractivity contribution is -0.145. The van der Waals surface area contributed by atoms with Gasteiger partial charge in [-0.3, -0.25) is 4.79 Å². The SMILES string of the molecule is NC1(CC(=O)OCCc2cccs2)CCC1. The van der Waals surface area contributed by atoms with Gasteiger partial charge in [0, 0.05) is 16.8 Å². The third-order valence-electron chi connectivity index (χ3n) is 3.04. The maximum absolute atomic E-state index is 11.5. The number of rotatable bonds is 5. The van der Waals surface area contributed by atoms with E-state index in [4.69, 9.17) is 10.5 Å². The minimum absolute atomic E-state index is 0.154. The standard InChI is InChI=1S/C12H17NO2S/c13-12(5-2-6-12)9-11(14)15-7-4-10-3-1-8-16-10/h1,3,8H,2,4-7,9,13H2. The van der Waals surface area contributed by atoms with E-state index in [9.17, 15) is 4.79 Å². The first-order valence-electron chi connectivity index (χ1n) is 5.65. The number of carbonyl (C=O) groups is 1. The van der Waals surface area contributed by atoms with Gasteiger partial charge in [-0.2, -0.15) is 0 Å². The van der Waals surface area contributed by atoms with Crippen LogP contribution in [0.1, 0.15) is 30.6 Å². The van der Waals surface area contributed by atoms with Crippen LogP contribution in [0.15, 0.2) is 17.5 Å². The van der Waals surface area contributed by atoms with Gasteiger partial charge in [0.1, 0.15) is 0 Å². The Morgan fingerprint density at radius 3 is 2.94 bits per heavy atom. The lowest BCUT2D eigenvalue weighted by atomic mass is 9.75. The summed E-state index contributed by atoms with van der Waals surface area (Å²) in [4.78, 5) is 12.7.